The van der Waals surface area contributed by atoms with Crippen LogP contribution in [-0.2, 0) is 10.0 Å². The normalized spacial score (nSPS) is 11.0. The standard InChI is InChI=1S/C11H12N4O3S2/c12-11(19)7-18-10-4-2-1-3-9(10)15-20(16,17)8-5-13-14-6-8/h1-6,15H,7H2,(H2,12,19)(H,13,14). The van der Waals surface area contributed by atoms with E-state index in [9.17, 15) is 8.42 Å². The van der Waals surface area contributed by atoms with Crippen molar-refractivity contribution in [2.75, 3.05) is 11.3 Å². The van der Waals surface area contributed by atoms with Crippen LogP contribution in [0, 0.1) is 0 Å². The Kier molecular flexibility index (Phi) is 4.20. The van der Waals surface area contributed by atoms with Gasteiger partial charge in [-0.15, -0.1) is 0 Å². The number of aromatic nitrogens is 2. The second kappa shape index (κ2) is 5.88. The van der Waals surface area contributed by atoms with E-state index in [1.807, 2.05) is 0 Å². The molecule has 0 unspecified atom stereocenters. The maximum absolute atomic E-state index is 12.1. The van der Waals surface area contributed by atoms with E-state index in [1.54, 1.807) is 24.3 Å². The largest absolute Gasteiger partial charge is 0.484 e. The third kappa shape index (κ3) is 3.45. The van der Waals surface area contributed by atoms with Crippen molar-refractivity contribution in [1.82, 2.24) is 10.2 Å². The van der Waals surface area contributed by atoms with Gasteiger partial charge in [0.1, 0.15) is 22.2 Å². The average Bonchev–Trinajstić information content (AvgIpc) is 2.92. The van der Waals surface area contributed by atoms with E-state index < -0.39 is 10.0 Å². The summed E-state index contributed by atoms with van der Waals surface area (Å²) in [6.07, 6.45) is 2.49. The molecule has 2 rings (SSSR count). The number of benzene rings is 1. The van der Waals surface area contributed by atoms with Gasteiger partial charge in [0.15, 0.2) is 0 Å². The molecule has 1 aromatic carbocycles. The highest BCUT2D eigenvalue weighted by Gasteiger charge is 2.17. The molecule has 0 radical (unpaired) electrons. The number of hydrogen-bond donors (Lipinski definition) is 3. The Hall–Kier alpha value is -2.13. The van der Waals surface area contributed by atoms with E-state index in [0.717, 1.165) is 0 Å². The van der Waals surface area contributed by atoms with Crippen LogP contribution in [0.3, 0.4) is 0 Å². The van der Waals surface area contributed by atoms with Crippen molar-refractivity contribution in [3.8, 4) is 5.75 Å². The van der Waals surface area contributed by atoms with Gasteiger partial charge in [-0.05, 0) is 12.1 Å². The fraction of sp³-hybridized carbons (Fsp3) is 0.0909. The highest BCUT2D eigenvalue weighted by Crippen LogP contribution is 2.26. The average molecular weight is 312 g/mol. The number of ether oxygens (including phenoxy) is 1. The van der Waals surface area contributed by atoms with Crippen molar-refractivity contribution in [1.29, 1.82) is 0 Å². The maximum Gasteiger partial charge on any atom is 0.265 e. The van der Waals surface area contributed by atoms with Gasteiger partial charge in [-0.1, -0.05) is 24.4 Å². The molecule has 0 aliphatic rings. The van der Waals surface area contributed by atoms with E-state index >= 15 is 0 Å². The molecule has 0 aliphatic carbocycles. The summed E-state index contributed by atoms with van der Waals surface area (Å²) in [5.74, 6) is 0.340. The molecule has 7 nitrogen and oxygen atoms in total. The van der Waals surface area contributed by atoms with E-state index in [4.69, 9.17) is 22.7 Å². The van der Waals surface area contributed by atoms with Crippen molar-refractivity contribution < 1.29 is 13.2 Å². The molecule has 106 valence electrons. The molecule has 1 aromatic heterocycles. The lowest BCUT2D eigenvalue weighted by Gasteiger charge is -2.12. The van der Waals surface area contributed by atoms with E-state index in [2.05, 4.69) is 14.9 Å². The van der Waals surface area contributed by atoms with E-state index in [-0.39, 0.29) is 16.5 Å². The molecule has 1 heterocycles. The molecule has 0 amide bonds. The van der Waals surface area contributed by atoms with Gasteiger partial charge in [0.2, 0.25) is 0 Å². The minimum atomic E-state index is -3.72. The van der Waals surface area contributed by atoms with E-state index in [0.29, 0.717) is 11.4 Å². The van der Waals surface area contributed by atoms with Gasteiger partial charge in [-0.2, -0.15) is 5.10 Å². The summed E-state index contributed by atoms with van der Waals surface area (Å²) in [4.78, 5) is 0.208. The molecule has 0 atom stereocenters. The van der Waals surface area contributed by atoms with Crippen LogP contribution >= 0.6 is 12.2 Å². The topological polar surface area (TPSA) is 110 Å². The summed E-state index contributed by atoms with van der Waals surface area (Å²) in [6.45, 7) is 0.0276. The van der Waals surface area contributed by atoms with Gasteiger partial charge in [0.25, 0.3) is 10.0 Å². The Morgan fingerprint density at radius 3 is 2.85 bits per heavy atom. The van der Waals surface area contributed by atoms with Crippen molar-refractivity contribution in [3.63, 3.8) is 0 Å². The number of rotatable bonds is 6. The smallest absolute Gasteiger partial charge is 0.265 e. The zero-order valence-corrected chi connectivity index (χ0v) is 11.9. The van der Waals surface area contributed by atoms with Gasteiger partial charge in [-0.3, -0.25) is 9.82 Å². The molecule has 0 fully saturated rings. The van der Waals surface area contributed by atoms with Gasteiger partial charge >= 0.3 is 0 Å². The molecule has 0 saturated carbocycles. The third-order valence-electron chi connectivity index (χ3n) is 2.28. The summed E-state index contributed by atoms with van der Waals surface area (Å²) in [6, 6.07) is 6.59. The van der Waals surface area contributed by atoms with Crippen LogP contribution in [0.1, 0.15) is 0 Å². The van der Waals surface area contributed by atoms with Crippen LogP contribution in [0.2, 0.25) is 0 Å². The van der Waals surface area contributed by atoms with Crippen molar-refractivity contribution >= 4 is 32.9 Å². The fourth-order valence-corrected chi connectivity index (χ4v) is 2.45. The first kappa shape index (κ1) is 14.3. The molecule has 0 bridgehead atoms. The second-order valence-corrected chi connectivity index (χ2v) is 6.00. The number of hydrogen-bond acceptors (Lipinski definition) is 5. The van der Waals surface area contributed by atoms with Crippen molar-refractivity contribution in [2.24, 2.45) is 5.73 Å². The number of anilines is 1. The Labute approximate surface area is 121 Å². The maximum atomic E-state index is 12.1. The predicted molar refractivity (Wildman–Crippen MR) is 78.1 cm³/mol. The SMILES string of the molecule is NC(=S)COc1ccccc1NS(=O)(=O)c1cn[nH]c1. The van der Waals surface area contributed by atoms with E-state index in [1.165, 1.54) is 12.4 Å². The first-order valence-electron chi connectivity index (χ1n) is 5.51. The lowest BCUT2D eigenvalue weighted by atomic mass is 10.3. The Morgan fingerprint density at radius 2 is 2.20 bits per heavy atom. The first-order valence-corrected chi connectivity index (χ1v) is 7.40. The molecular formula is C11H12N4O3S2. The summed E-state index contributed by atoms with van der Waals surface area (Å²) in [7, 11) is -3.72. The zero-order chi connectivity index (χ0) is 14.6. The lowest BCUT2D eigenvalue weighted by molar-refractivity contribution is 0.379. The highest BCUT2D eigenvalue weighted by atomic mass is 32.2. The minimum absolute atomic E-state index is 0.0276. The number of para-hydroxylation sites is 2. The van der Waals surface area contributed by atoms with Crippen molar-refractivity contribution in [3.05, 3.63) is 36.7 Å². The second-order valence-electron chi connectivity index (χ2n) is 3.79. The summed E-state index contributed by atoms with van der Waals surface area (Å²) >= 11 is 4.71. The summed E-state index contributed by atoms with van der Waals surface area (Å²) in [5.41, 5.74) is 5.65. The van der Waals surface area contributed by atoms with Gasteiger partial charge in [0.05, 0.1) is 11.9 Å². The number of thiocarbonyl (C=S) groups is 1. The first-order chi connectivity index (χ1) is 9.49. The summed E-state index contributed by atoms with van der Waals surface area (Å²) in [5, 5.41) is 6.05. The number of H-pyrrole nitrogens is 1. The Balaban J connectivity index is 2.23. The molecule has 0 aliphatic heterocycles. The molecule has 4 N–H and O–H groups in total. The number of nitrogens with one attached hydrogen (secondary N) is 2. The van der Waals surface area contributed by atoms with Gasteiger partial charge in [-0.25, -0.2) is 8.42 Å². The minimum Gasteiger partial charge on any atom is -0.484 e. The predicted octanol–water partition coefficient (Wildman–Crippen LogP) is 0.875. The Bertz CT molecular complexity index is 698. The zero-order valence-electron chi connectivity index (χ0n) is 10.2. The van der Waals surface area contributed by atoms with Crippen LogP contribution in [0.4, 0.5) is 5.69 Å². The molecule has 9 heteroatoms. The quantitative estimate of drug-likeness (QED) is 0.683. The number of sulfonamides is 1. The lowest BCUT2D eigenvalue weighted by Crippen LogP contribution is -2.19. The number of aromatic amines is 1. The fourth-order valence-electron chi connectivity index (χ4n) is 1.42. The number of nitrogens with zero attached hydrogens (tertiary/aromatic N) is 1. The monoisotopic (exact) mass is 312 g/mol. The van der Waals surface area contributed by atoms with Crippen LogP contribution in [0.25, 0.3) is 0 Å². The third-order valence-corrected chi connectivity index (χ3v) is 3.74. The van der Waals surface area contributed by atoms with Crippen LogP contribution in [0.5, 0.6) is 5.75 Å². The van der Waals surface area contributed by atoms with Gasteiger partial charge < -0.3 is 10.5 Å². The molecular weight excluding hydrogens is 300 g/mol. The summed E-state index contributed by atoms with van der Waals surface area (Å²) < 4.78 is 31.9. The Morgan fingerprint density at radius 1 is 1.45 bits per heavy atom. The molecule has 2 aromatic rings. The number of nitrogens with two attached hydrogens (primary N) is 1. The van der Waals surface area contributed by atoms with Crippen LogP contribution < -0.4 is 15.2 Å². The highest BCUT2D eigenvalue weighted by molar-refractivity contribution is 7.92. The van der Waals surface area contributed by atoms with Crippen molar-refractivity contribution in [2.45, 2.75) is 4.90 Å². The van der Waals surface area contributed by atoms with Gasteiger partial charge in [0, 0.05) is 6.20 Å². The molecule has 0 saturated heterocycles. The molecule has 20 heavy (non-hydrogen) atoms. The van der Waals surface area contributed by atoms with Crippen LogP contribution in [0.15, 0.2) is 41.6 Å². The molecule has 0 spiro atoms. The van der Waals surface area contributed by atoms with Crippen LogP contribution in [-0.4, -0.2) is 30.2 Å².